The van der Waals surface area contributed by atoms with E-state index in [2.05, 4.69) is 29.1 Å². The summed E-state index contributed by atoms with van der Waals surface area (Å²) < 4.78 is 14.6. The van der Waals surface area contributed by atoms with Gasteiger partial charge in [0.1, 0.15) is 0 Å². The van der Waals surface area contributed by atoms with Gasteiger partial charge in [-0.05, 0) is 31.1 Å². The van der Waals surface area contributed by atoms with Crippen LogP contribution in [-0.4, -0.2) is 44.5 Å². The zero-order valence-corrected chi connectivity index (χ0v) is 20.7. The molecule has 0 radical (unpaired) electrons. The fraction of sp³-hybridized carbons (Fsp3) is 0.500. The van der Waals surface area contributed by atoms with Gasteiger partial charge in [0.25, 0.3) is 0 Å². The van der Waals surface area contributed by atoms with Crippen LogP contribution in [0, 0.1) is 0 Å². The number of hydrogen-bond acceptors (Lipinski definition) is 9. The molecular weight excluding hydrogens is 463 g/mol. The summed E-state index contributed by atoms with van der Waals surface area (Å²) in [5, 5.41) is 13.2. The second kappa shape index (κ2) is 11.8. The van der Waals surface area contributed by atoms with Crippen LogP contribution in [0.5, 0.6) is 0 Å². The quantitative estimate of drug-likeness (QED) is 0.161. The molecule has 0 saturated carbocycles. The Bertz CT molecular complexity index is 922. The van der Waals surface area contributed by atoms with E-state index >= 15 is 0 Å². The third-order valence-corrected chi connectivity index (χ3v) is 11.3. The smallest absolute Gasteiger partial charge is 0.247 e. The molecule has 0 spiro atoms. The first-order valence-corrected chi connectivity index (χ1v) is 15.6. The van der Waals surface area contributed by atoms with Crippen molar-refractivity contribution in [2.75, 3.05) is 24.7 Å². The van der Waals surface area contributed by atoms with Crippen molar-refractivity contribution in [1.82, 2.24) is 19.8 Å². The normalized spacial score (nSPS) is 12.1. The third-order valence-electron chi connectivity index (χ3n) is 3.67. The molecule has 0 amide bonds. The van der Waals surface area contributed by atoms with Gasteiger partial charge in [-0.25, -0.2) is 0 Å². The van der Waals surface area contributed by atoms with E-state index in [0.717, 1.165) is 51.5 Å². The van der Waals surface area contributed by atoms with E-state index in [4.69, 9.17) is 20.9 Å². The summed E-state index contributed by atoms with van der Waals surface area (Å²) in [4.78, 5) is 0.817. The van der Waals surface area contributed by atoms with Crippen molar-refractivity contribution in [3.8, 4) is 11.4 Å². The molecule has 3 aromatic rings. The minimum absolute atomic E-state index is 0.666. The molecule has 2 heterocycles. The lowest BCUT2D eigenvalue weighted by molar-refractivity contribution is 0.260. The fourth-order valence-electron chi connectivity index (χ4n) is 2.34. The zero-order valence-electron chi connectivity index (χ0n) is 16.5. The molecule has 0 saturated heterocycles. The van der Waals surface area contributed by atoms with Crippen molar-refractivity contribution < 1.29 is 9.05 Å². The van der Waals surface area contributed by atoms with E-state index in [1.165, 1.54) is 0 Å². The highest BCUT2D eigenvalue weighted by atomic mass is 32.9. The zero-order chi connectivity index (χ0) is 20.5. The van der Waals surface area contributed by atoms with Gasteiger partial charge in [0.15, 0.2) is 10.2 Å². The van der Waals surface area contributed by atoms with Gasteiger partial charge < -0.3 is 9.05 Å². The van der Waals surface area contributed by atoms with Crippen molar-refractivity contribution >= 4 is 56.9 Å². The van der Waals surface area contributed by atoms with Crippen molar-refractivity contribution in [2.24, 2.45) is 0 Å². The van der Waals surface area contributed by atoms with Gasteiger partial charge in [-0.2, -0.15) is 4.52 Å². The second-order valence-electron chi connectivity index (χ2n) is 6.10. The number of rotatable bonds is 13. The third kappa shape index (κ3) is 6.75. The Morgan fingerprint density at radius 3 is 2.48 bits per heavy atom. The number of thioether (sulfide) groups is 1. The van der Waals surface area contributed by atoms with Gasteiger partial charge in [0.05, 0.1) is 13.2 Å². The largest absolute Gasteiger partial charge is 0.322 e. The summed E-state index contributed by atoms with van der Waals surface area (Å²) >= 11 is 10.6. The van der Waals surface area contributed by atoms with Gasteiger partial charge in [0, 0.05) is 17.1 Å². The van der Waals surface area contributed by atoms with E-state index in [1.54, 1.807) is 34.5 Å². The van der Waals surface area contributed by atoms with Gasteiger partial charge in [0.2, 0.25) is 10.7 Å². The second-order valence-corrected chi connectivity index (χ2v) is 14.8. The maximum absolute atomic E-state index is 5.86. The maximum Gasteiger partial charge on any atom is 0.247 e. The molecule has 0 bridgehead atoms. The van der Waals surface area contributed by atoms with Crippen LogP contribution in [0.4, 0.5) is 0 Å². The maximum atomic E-state index is 5.86. The lowest BCUT2D eigenvalue weighted by atomic mass is 10.2. The van der Waals surface area contributed by atoms with Gasteiger partial charge in [-0.3, -0.25) is 0 Å². The summed E-state index contributed by atoms with van der Waals surface area (Å²) in [5.74, 6) is 2.67. The highest BCUT2D eigenvalue weighted by Gasteiger charge is 2.19. The molecule has 158 valence electrons. The Balaban J connectivity index is 1.50. The molecule has 0 aliphatic rings. The first-order valence-electron chi connectivity index (χ1n) is 9.59. The van der Waals surface area contributed by atoms with Gasteiger partial charge >= 0.3 is 0 Å². The molecule has 3 rings (SSSR count). The van der Waals surface area contributed by atoms with E-state index in [9.17, 15) is 0 Å². The fourth-order valence-corrected chi connectivity index (χ4v) is 9.01. The average molecular weight is 489 g/mol. The molecule has 0 N–H and O–H groups in total. The van der Waals surface area contributed by atoms with Crippen LogP contribution < -0.4 is 0 Å². The minimum Gasteiger partial charge on any atom is -0.322 e. The predicted octanol–water partition coefficient (Wildman–Crippen LogP) is 6.15. The van der Waals surface area contributed by atoms with Crippen LogP contribution in [-0.2, 0) is 20.9 Å². The van der Waals surface area contributed by atoms with Crippen LogP contribution in [0.25, 0.3) is 16.3 Å². The van der Waals surface area contributed by atoms with Crippen LogP contribution in [0.15, 0.2) is 34.7 Å². The Morgan fingerprint density at radius 1 is 1.07 bits per heavy atom. The number of benzene rings is 1. The molecule has 29 heavy (non-hydrogen) atoms. The summed E-state index contributed by atoms with van der Waals surface area (Å²) in [6.45, 7) is 5.51. The van der Waals surface area contributed by atoms with Gasteiger partial charge in [-0.15, -0.1) is 15.3 Å². The van der Waals surface area contributed by atoms with E-state index in [-0.39, 0.29) is 0 Å². The lowest BCUT2D eigenvalue weighted by Gasteiger charge is -2.20. The molecule has 2 aromatic heterocycles. The summed E-state index contributed by atoms with van der Waals surface area (Å²) in [6, 6.07) is 10.0. The summed E-state index contributed by atoms with van der Waals surface area (Å²) in [5.41, 5.74) is -1.20. The SMILES string of the molecule is CCCOP(=S)(OCCC)SCCCSc1nn2c(-c3ccccc3)nnc2s1. The number of hydrogen-bond donors (Lipinski definition) is 0. The van der Waals surface area contributed by atoms with E-state index in [0.29, 0.717) is 13.2 Å². The number of aromatic nitrogens is 4. The standard InChI is InChI=1S/C18H25N4O2PS4/c1-3-11-23-25(26,24-12-4-2)28-14-8-13-27-18-21-22-16(19-20-17(22)29-18)15-9-6-5-7-10-15/h5-7,9-10H,3-4,8,11-14H2,1-2H3. The molecule has 6 nitrogen and oxygen atoms in total. The minimum atomic E-state index is -2.21. The highest BCUT2D eigenvalue weighted by Crippen LogP contribution is 2.61. The Labute approximate surface area is 189 Å². The first-order chi connectivity index (χ1) is 14.1. The van der Waals surface area contributed by atoms with Crippen molar-refractivity contribution in [3.63, 3.8) is 0 Å². The monoisotopic (exact) mass is 488 g/mol. The van der Waals surface area contributed by atoms with Crippen molar-refractivity contribution in [3.05, 3.63) is 30.3 Å². The van der Waals surface area contributed by atoms with Crippen LogP contribution in [0.2, 0.25) is 0 Å². The van der Waals surface area contributed by atoms with Crippen LogP contribution in [0.3, 0.4) is 0 Å². The van der Waals surface area contributed by atoms with Crippen LogP contribution >= 0.6 is 40.2 Å². The summed E-state index contributed by atoms with van der Waals surface area (Å²) in [7, 11) is 0. The molecule has 0 fully saturated rings. The lowest BCUT2D eigenvalue weighted by Crippen LogP contribution is -1.96. The molecular formula is C18H25N4O2PS4. The highest BCUT2D eigenvalue weighted by molar-refractivity contribution is 8.67. The molecule has 0 aliphatic heterocycles. The predicted molar refractivity (Wildman–Crippen MR) is 129 cm³/mol. The molecule has 0 atom stereocenters. The first kappa shape index (κ1) is 23.2. The number of fused-ring (bicyclic) bond motifs is 1. The molecule has 1 aromatic carbocycles. The Morgan fingerprint density at radius 2 is 1.79 bits per heavy atom. The topological polar surface area (TPSA) is 61.5 Å². The van der Waals surface area contributed by atoms with Crippen molar-refractivity contribution in [1.29, 1.82) is 0 Å². The van der Waals surface area contributed by atoms with Crippen molar-refractivity contribution in [2.45, 2.75) is 37.4 Å². The molecule has 11 heteroatoms. The van der Waals surface area contributed by atoms with E-state index < -0.39 is 5.69 Å². The van der Waals surface area contributed by atoms with Crippen LogP contribution in [0.1, 0.15) is 33.1 Å². The number of nitrogens with zero attached hydrogens (tertiary/aromatic N) is 4. The van der Waals surface area contributed by atoms with Gasteiger partial charge in [-0.1, -0.05) is 78.7 Å². The summed E-state index contributed by atoms with van der Waals surface area (Å²) in [6.07, 6.45) is 2.93. The van der Waals surface area contributed by atoms with E-state index in [1.807, 2.05) is 34.8 Å². The average Bonchev–Trinajstić information content (AvgIpc) is 3.32. The molecule has 0 unspecified atom stereocenters. The molecule has 0 aliphatic carbocycles. The Kier molecular flexibility index (Phi) is 9.43. The Hall–Kier alpha value is -0.480.